The Balaban J connectivity index is -0.00000533. The Kier molecular flexibility index (Phi) is 63.6. The van der Waals surface area contributed by atoms with Gasteiger partial charge in [-0.3, -0.25) is 14.4 Å². The molecule has 0 unspecified atom stereocenters. The molecule has 0 fully saturated rings. The van der Waals surface area contributed by atoms with Crippen LogP contribution in [0.2, 0.25) is 0 Å². The zero-order valence-corrected chi connectivity index (χ0v) is 49.3. The Morgan fingerprint density at radius 3 is 0.718 bits per heavy atom. The third-order valence-electron chi connectivity index (χ3n) is 13.9. The van der Waals surface area contributed by atoms with Gasteiger partial charge < -0.3 is 36.2 Å². The number of unbranched alkanes of at least 4 members (excludes halogenated alkanes) is 42. The molecule has 426 valence electrons. The number of nitrogens with zero attached hydrogens (tertiary/aromatic N) is 1. The molecule has 1 N–H and O–H groups in total. The van der Waals surface area contributed by atoms with Crippen LogP contribution in [0.1, 0.15) is 329 Å². The van der Waals surface area contributed by atoms with Gasteiger partial charge in [-0.2, -0.15) is 0 Å². The molecule has 71 heavy (non-hydrogen) atoms. The second kappa shape index (κ2) is 61.2. The van der Waals surface area contributed by atoms with Gasteiger partial charge in [0.1, 0.15) is 19.8 Å². The van der Waals surface area contributed by atoms with Crippen LogP contribution < -0.4 is 12.4 Å². The Labute approximate surface area is 449 Å². The number of halogens is 1. The minimum Gasteiger partial charge on any atom is -1.00 e. The highest BCUT2D eigenvalue weighted by Crippen LogP contribution is 2.18. The van der Waals surface area contributed by atoms with Gasteiger partial charge in [-0.25, -0.2) is 0 Å². The molecule has 0 atom stereocenters. The molecule has 0 amide bonds. The van der Waals surface area contributed by atoms with Gasteiger partial charge >= 0.3 is 17.9 Å². The van der Waals surface area contributed by atoms with Gasteiger partial charge in [-0.15, -0.1) is 0 Å². The molecule has 0 bridgehead atoms. The third-order valence-corrected chi connectivity index (χ3v) is 13.9. The number of esters is 3. The average molecular weight is 1030 g/mol. The van der Waals surface area contributed by atoms with Crippen LogP contribution in [0, 0.1) is 0 Å². The van der Waals surface area contributed by atoms with Crippen LogP contribution in [0.5, 0.6) is 0 Å². The van der Waals surface area contributed by atoms with Crippen molar-refractivity contribution in [2.75, 3.05) is 47.5 Å². The van der Waals surface area contributed by atoms with Crippen LogP contribution in [-0.4, -0.2) is 81.1 Å². The third kappa shape index (κ3) is 66.6. The molecule has 0 saturated heterocycles. The maximum Gasteiger partial charge on any atom is 0.306 e. The van der Waals surface area contributed by atoms with Crippen LogP contribution in [0.25, 0.3) is 0 Å². The van der Waals surface area contributed by atoms with E-state index in [0.29, 0.717) is 19.3 Å². The van der Waals surface area contributed by atoms with Gasteiger partial charge in [0.25, 0.3) is 0 Å². The van der Waals surface area contributed by atoms with E-state index in [9.17, 15) is 14.4 Å². The SMILES string of the molecule is CCCCCCCCCCCCCCCCCC(=O)OCC(COC(=O)CCCCCCCCCCCCCCCCC)OC(=O)CCCCCCCCCCCCCCCCC.C[N+](C)(C)CCO.[Cl-]. The molecule has 0 aliphatic carbocycles. The van der Waals surface area contributed by atoms with Crippen molar-refractivity contribution in [2.24, 2.45) is 0 Å². The molecule has 9 heteroatoms. The van der Waals surface area contributed by atoms with Crippen LogP contribution in [0.3, 0.4) is 0 Å². The second-order valence-electron chi connectivity index (χ2n) is 22.3. The van der Waals surface area contributed by atoms with Gasteiger partial charge in [0.15, 0.2) is 6.10 Å². The topological polar surface area (TPSA) is 99.1 Å². The standard InChI is InChI=1S/C57H110O6.C5H14NO.ClH/c1-4-7-10-13-16-19-22-25-28-31-34-37-40-43-46-49-55(58)61-52-54(63-57(60)51-48-45-42-39-36-33-30-27-24-21-18-15-12-9-6-3)53-62-56(59)50-47-44-41-38-35-32-29-26-23-20-17-14-11-8-5-2;1-6(2,3)4-5-7;/h54H,4-53H2,1-3H3;7H,4-5H2,1-3H3;1H/q;+1;/p-1. The Bertz CT molecular complexity index is 1020. The lowest BCUT2D eigenvalue weighted by Gasteiger charge is -2.21. The van der Waals surface area contributed by atoms with Gasteiger partial charge in [-0.05, 0) is 19.3 Å². The normalized spacial score (nSPS) is 11.3. The van der Waals surface area contributed by atoms with E-state index in [1.807, 2.05) is 0 Å². The number of ether oxygens (including phenoxy) is 3. The van der Waals surface area contributed by atoms with Crippen molar-refractivity contribution < 1.29 is 50.6 Å². The molecule has 0 heterocycles. The summed E-state index contributed by atoms with van der Waals surface area (Å²) in [6.45, 7) is 7.82. The molecule has 0 aliphatic rings. The fraction of sp³-hybridized carbons (Fsp3) is 0.952. The second-order valence-corrected chi connectivity index (χ2v) is 22.3. The minimum atomic E-state index is -0.760. The molecule has 0 spiro atoms. The zero-order chi connectivity index (χ0) is 51.7. The smallest absolute Gasteiger partial charge is 0.306 e. The van der Waals surface area contributed by atoms with E-state index in [4.69, 9.17) is 19.3 Å². The molecular formula is C62H124ClNO7. The van der Waals surface area contributed by atoms with Crippen molar-refractivity contribution in [2.45, 2.75) is 335 Å². The summed E-state index contributed by atoms with van der Waals surface area (Å²) in [5.41, 5.74) is 0. The number of aliphatic hydroxyl groups excluding tert-OH is 1. The summed E-state index contributed by atoms with van der Waals surface area (Å²) < 4.78 is 17.7. The van der Waals surface area contributed by atoms with E-state index in [1.54, 1.807) is 0 Å². The maximum absolute atomic E-state index is 12.8. The number of hydrogen-bond donors (Lipinski definition) is 1. The highest BCUT2D eigenvalue weighted by molar-refractivity contribution is 5.71. The Hall–Kier alpha value is -1.38. The van der Waals surface area contributed by atoms with Gasteiger partial charge in [-0.1, -0.05) is 290 Å². The van der Waals surface area contributed by atoms with E-state index in [-0.39, 0.29) is 50.1 Å². The Morgan fingerprint density at radius 2 is 0.535 bits per heavy atom. The number of hydrogen-bond acceptors (Lipinski definition) is 7. The number of rotatable bonds is 55. The first-order valence-electron chi connectivity index (χ1n) is 31.0. The predicted molar refractivity (Wildman–Crippen MR) is 300 cm³/mol. The number of aliphatic hydroxyl groups is 1. The van der Waals surface area contributed by atoms with Gasteiger partial charge in [0.05, 0.1) is 27.7 Å². The van der Waals surface area contributed by atoms with E-state index < -0.39 is 6.10 Å². The molecule has 0 saturated carbocycles. The number of carbonyl (C=O) groups is 3. The maximum atomic E-state index is 12.8. The van der Waals surface area contributed by atoms with Crippen molar-refractivity contribution in [1.29, 1.82) is 0 Å². The summed E-state index contributed by atoms with van der Waals surface area (Å²) in [5, 5.41) is 8.39. The van der Waals surface area contributed by atoms with E-state index >= 15 is 0 Å². The molecule has 0 rings (SSSR count). The summed E-state index contributed by atoms with van der Waals surface area (Å²) in [7, 11) is 6.16. The molecule has 8 nitrogen and oxygen atoms in total. The quantitative estimate of drug-likeness (QED) is 0.0280. The van der Waals surface area contributed by atoms with Crippen LogP contribution in [0.15, 0.2) is 0 Å². The summed E-state index contributed by atoms with van der Waals surface area (Å²) in [6, 6.07) is 0. The van der Waals surface area contributed by atoms with Gasteiger partial charge in [0, 0.05) is 19.3 Å². The number of carbonyl (C=O) groups excluding carboxylic acids is 3. The van der Waals surface area contributed by atoms with Crippen LogP contribution >= 0.6 is 0 Å². The average Bonchev–Trinajstić information content (AvgIpc) is 3.33. The molecule has 0 aromatic heterocycles. The highest BCUT2D eigenvalue weighted by atomic mass is 35.5. The molecule has 0 aromatic rings. The number of likely N-dealkylation sites (N-methyl/N-ethyl adjacent to an activating group) is 1. The summed E-state index contributed by atoms with van der Waals surface area (Å²) in [6.07, 6.45) is 58.0. The summed E-state index contributed by atoms with van der Waals surface area (Å²) >= 11 is 0. The predicted octanol–water partition coefficient (Wildman–Crippen LogP) is 15.5. The van der Waals surface area contributed by atoms with Crippen molar-refractivity contribution in [3.63, 3.8) is 0 Å². The molecule has 0 aromatic carbocycles. The lowest BCUT2D eigenvalue weighted by atomic mass is 10.0. The summed E-state index contributed by atoms with van der Waals surface area (Å²) in [5.74, 6) is -0.832. The van der Waals surface area contributed by atoms with Crippen molar-refractivity contribution in [3.8, 4) is 0 Å². The van der Waals surface area contributed by atoms with Crippen molar-refractivity contribution in [3.05, 3.63) is 0 Å². The fourth-order valence-electron chi connectivity index (χ4n) is 9.10. The Morgan fingerprint density at radius 1 is 0.338 bits per heavy atom. The summed E-state index contributed by atoms with van der Waals surface area (Å²) in [4.78, 5) is 38.1. The van der Waals surface area contributed by atoms with Crippen LogP contribution in [-0.2, 0) is 28.6 Å². The van der Waals surface area contributed by atoms with Crippen molar-refractivity contribution >= 4 is 17.9 Å². The first kappa shape index (κ1) is 73.9. The first-order chi connectivity index (χ1) is 34.1. The number of quaternary nitrogens is 1. The molecule has 0 aliphatic heterocycles. The van der Waals surface area contributed by atoms with E-state index in [2.05, 4.69) is 41.9 Å². The van der Waals surface area contributed by atoms with Crippen LogP contribution in [0.4, 0.5) is 0 Å². The monoisotopic (exact) mass is 1030 g/mol. The first-order valence-corrected chi connectivity index (χ1v) is 31.0. The minimum absolute atomic E-state index is 0. The van der Waals surface area contributed by atoms with E-state index in [0.717, 1.165) is 68.8 Å². The van der Waals surface area contributed by atoms with Gasteiger partial charge in [0.2, 0.25) is 0 Å². The largest absolute Gasteiger partial charge is 1.00 e. The zero-order valence-electron chi connectivity index (χ0n) is 48.6. The molecule has 0 radical (unpaired) electrons. The lowest BCUT2D eigenvalue weighted by Crippen LogP contribution is -3.00. The van der Waals surface area contributed by atoms with Crippen molar-refractivity contribution in [1.82, 2.24) is 0 Å². The highest BCUT2D eigenvalue weighted by Gasteiger charge is 2.19. The van der Waals surface area contributed by atoms with E-state index in [1.165, 1.54) is 231 Å². The molecular weight excluding hydrogens is 906 g/mol. The fourth-order valence-corrected chi connectivity index (χ4v) is 9.10. The lowest BCUT2D eigenvalue weighted by molar-refractivity contribution is -0.870.